The summed E-state index contributed by atoms with van der Waals surface area (Å²) in [4.78, 5) is 31.4. The van der Waals surface area contributed by atoms with Gasteiger partial charge in [-0.3, -0.25) is 14.5 Å². The Balaban J connectivity index is 1.83. The lowest BCUT2D eigenvalue weighted by molar-refractivity contribution is -0.124. The monoisotopic (exact) mass is 459 g/mol. The molecule has 6 nitrogen and oxygen atoms in total. The molecule has 1 aliphatic heterocycles. The summed E-state index contributed by atoms with van der Waals surface area (Å²) in [7, 11) is 0. The van der Waals surface area contributed by atoms with E-state index in [2.05, 4.69) is 34.7 Å². The number of halogens is 1. The van der Waals surface area contributed by atoms with Crippen LogP contribution in [-0.2, 0) is 9.59 Å². The van der Waals surface area contributed by atoms with E-state index < -0.39 is 0 Å². The number of hydrogen-bond acceptors (Lipinski definition) is 4. The molecular formula is C22H26BrN3O3. The molecule has 7 heteroatoms. The van der Waals surface area contributed by atoms with Crippen molar-refractivity contribution in [3.63, 3.8) is 0 Å². The van der Waals surface area contributed by atoms with Gasteiger partial charge in [0.2, 0.25) is 5.91 Å². The Kier molecular flexibility index (Phi) is 7.28. The second-order valence-corrected chi connectivity index (χ2v) is 7.70. The average molecular weight is 460 g/mol. The van der Waals surface area contributed by atoms with Crippen molar-refractivity contribution in [3.8, 4) is 5.75 Å². The van der Waals surface area contributed by atoms with Gasteiger partial charge in [0, 0.05) is 23.2 Å². The number of anilines is 2. The molecule has 29 heavy (non-hydrogen) atoms. The molecule has 2 aromatic carbocycles. The van der Waals surface area contributed by atoms with Gasteiger partial charge in [-0.1, -0.05) is 48.0 Å². The van der Waals surface area contributed by atoms with E-state index in [0.29, 0.717) is 18.0 Å². The SMILES string of the molecule is CCN(CC)CCN(C(=O)CN1C(=O)COc2ccccc21)c1cccc(Br)c1. The Bertz CT molecular complexity index is 870. The summed E-state index contributed by atoms with van der Waals surface area (Å²) in [6.45, 7) is 7.30. The molecule has 0 fully saturated rings. The number of likely N-dealkylation sites (N-methyl/N-ethyl adjacent to an activating group) is 1. The molecule has 0 aliphatic carbocycles. The largest absolute Gasteiger partial charge is 0.482 e. The number of rotatable bonds is 8. The van der Waals surface area contributed by atoms with Crippen LogP contribution in [0.2, 0.25) is 0 Å². The number of nitrogens with zero attached hydrogens (tertiary/aromatic N) is 3. The van der Waals surface area contributed by atoms with Gasteiger partial charge in [-0.2, -0.15) is 0 Å². The van der Waals surface area contributed by atoms with Crippen molar-refractivity contribution in [2.75, 3.05) is 49.1 Å². The zero-order valence-electron chi connectivity index (χ0n) is 16.8. The van der Waals surface area contributed by atoms with Crippen molar-refractivity contribution in [2.45, 2.75) is 13.8 Å². The lowest BCUT2D eigenvalue weighted by Crippen LogP contribution is -2.48. The molecule has 2 aromatic rings. The van der Waals surface area contributed by atoms with Crippen molar-refractivity contribution in [2.24, 2.45) is 0 Å². The molecule has 0 unspecified atom stereocenters. The Morgan fingerprint density at radius 2 is 1.86 bits per heavy atom. The van der Waals surface area contributed by atoms with Crippen LogP contribution < -0.4 is 14.5 Å². The van der Waals surface area contributed by atoms with E-state index in [9.17, 15) is 9.59 Å². The fraction of sp³-hybridized carbons (Fsp3) is 0.364. The van der Waals surface area contributed by atoms with E-state index in [1.165, 1.54) is 4.90 Å². The van der Waals surface area contributed by atoms with Crippen molar-refractivity contribution >= 4 is 39.1 Å². The molecule has 3 rings (SSSR count). The molecule has 0 N–H and O–H groups in total. The maximum absolute atomic E-state index is 13.3. The van der Waals surface area contributed by atoms with Crippen LogP contribution in [0.25, 0.3) is 0 Å². The van der Waals surface area contributed by atoms with Crippen molar-refractivity contribution in [3.05, 3.63) is 53.0 Å². The lowest BCUT2D eigenvalue weighted by atomic mass is 10.2. The number of carbonyl (C=O) groups excluding carboxylic acids is 2. The summed E-state index contributed by atoms with van der Waals surface area (Å²) < 4.78 is 6.39. The van der Waals surface area contributed by atoms with Crippen LogP contribution in [0.1, 0.15) is 13.8 Å². The van der Waals surface area contributed by atoms with Gasteiger partial charge in [-0.15, -0.1) is 0 Å². The van der Waals surface area contributed by atoms with E-state index in [-0.39, 0.29) is 25.0 Å². The predicted octanol–water partition coefficient (Wildman–Crippen LogP) is 3.55. The van der Waals surface area contributed by atoms with Crippen molar-refractivity contribution in [1.29, 1.82) is 0 Å². The first kappa shape index (κ1) is 21.3. The zero-order chi connectivity index (χ0) is 20.8. The van der Waals surface area contributed by atoms with Gasteiger partial charge in [-0.05, 0) is 43.4 Å². The summed E-state index contributed by atoms with van der Waals surface area (Å²) in [6.07, 6.45) is 0. The summed E-state index contributed by atoms with van der Waals surface area (Å²) in [5.74, 6) is 0.285. The number of ether oxygens (including phenoxy) is 1. The van der Waals surface area contributed by atoms with Gasteiger partial charge in [0.05, 0.1) is 5.69 Å². The quantitative estimate of drug-likeness (QED) is 0.605. The predicted molar refractivity (Wildman–Crippen MR) is 119 cm³/mol. The molecule has 0 radical (unpaired) electrons. The first-order valence-electron chi connectivity index (χ1n) is 9.84. The second-order valence-electron chi connectivity index (χ2n) is 6.79. The average Bonchev–Trinajstić information content (AvgIpc) is 2.73. The molecule has 1 heterocycles. The summed E-state index contributed by atoms with van der Waals surface area (Å²) in [5, 5.41) is 0. The van der Waals surface area contributed by atoms with Crippen LogP contribution in [0.15, 0.2) is 53.0 Å². The number of fused-ring (bicyclic) bond motifs is 1. The van der Waals surface area contributed by atoms with Crippen LogP contribution >= 0.6 is 15.9 Å². The van der Waals surface area contributed by atoms with Crippen LogP contribution in [-0.4, -0.2) is 56.0 Å². The number of carbonyl (C=O) groups is 2. The molecule has 0 atom stereocenters. The smallest absolute Gasteiger partial charge is 0.265 e. The normalized spacial score (nSPS) is 13.2. The highest BCUT2D eigenvalue weighted by atomic mass is 79.9. The van der Waals surface area contributed by atoms with Crippen LogP contribution in [0, 0.1) is 0 Å². The first-order valence-corrected chi connectivity index (χ1v) is 10.6. The van der Waals surface area contributed by atoms with Gasteiger partial charge in [0.1, 0.15) is 12.3 Å². The van der Waals surface area contributed by atoms with E-state index >= 15 is 0 Å². The van der Waals surface area contributed by atoms with Crippen molar-refractivity contribution in [1.82, 2.24) is 4.90 Å². The third-order valence-electron chi connectivity index (χ3n) is 5.06. The number of amides is 2. The third kappa shape index (κ3) is 5.16. The van der Waals surface area contributed by atoms with E-state index in [1.54, 1.807) is 11.0 Å². The zero-order valence-corrected chi connectivity index (χ0v) is 18.4. The van der Waals surface area contributed by atoms with Crippen molar-refractivity contribution < 1.29 is 14.3 Å². The highest BCUT2D eigenvalue weighted by Gasteiger charge is 2.29. The Morgan fingerprint density at radius 1 is 1.10 bits per heavy atom. The highest BCUT2D eigenvalue weighted by molar-refractivity contribution is 9.10. The van der Waals surface area contributed by atoms with E-state index in [4.69, 9.17) is 4.74 Å². The van der Waals surface area contributed by atoms with Gasteiger partial charge in [-0.25, -0.2) is 0 Å². The lowest BCUT2D eigenvalue weighted by Gasteiger charge is -2.32. The van der Waals surface area contributed by atoms with Gasteiger partial charge in [0.25, 0.3) is 5.91 Å². The molecule has 0 saturated carbocycles. The van der Waals surface area contributed by atoms with Crippen LogP contribution in [0.5, 0.6) is 5.75 Å². The van der Waals surface area contributed by atoms with Gasteiger partial charge >= 0.3 is 0 Å². The molecule has 0 bridgehead atoms. The minimum absolute atomic E-state index is 0.0238. The second kappa shape index (κ2) is 9.89. The molecular weight excluding hydrogens is 434 g/mol. The number of para-hydroxylation sites is 2. The molecule has 0 saturated heterocycles. The summed E-state index contributed by atoms with van der Waals surface area (Å²) >= 11 is 3.49. The minimum atomic E-state index is -0.213. The third-order valence-corrected chi connectivity index (χ3v) is 5.55. The minimum Gasteiger partial charge on any atom is -0.482 e. The maximum atomic E-state index is 13.3. The molecule has 2 amide bonds. The standard InChI is InChI=1S/C22H26BrN3O3/c1-3-24(4-2)12-13-25(18-9-7-8-17(23)14-18)21(27)15-26-19-10-5-6-11-20(19)29-16-22(26)28/h5-11,14H,3-4,12-13,15-16H2,1-2H3. The summed E-state index contributed by atoms with van der Waals surface area (Å²) in [5.41, 5.74) is 1.44. The van der Waals surface area contributed by atoms with Crippen LogP contribution in [0.4, 0.5) is 11.4 Å². The Morgan fingerprint density at radius 3 is 2.59 bits per heavy atom. The van der Waals surface area contributed by atoms with Gasteiger partial charge < -0.3 is 14.5 Å². The Labute approximate surface area is 180 Å². The van der Waals surface area contributed by atoms with Gasteiger partial charge in [0.15, 0.2) is 6.61 Å². The maximum Gasteiger partial charge on any atom is 0.265 e. The fourth-order valence-corrected chi connectivity index (χ4v) is 3.76. The number of benzene rings is 2. The molecule has 1 aliphatic rings. The Hall–Kier alpha value is -2.38. The number of hydrogen-bond donors (Lipinski definition) is 0. The van der Waals surface area contributed by atoms with Crippen LogP contribution in [0.3, 0.4) is 0 Å². The fourth-order valence-electron chi connectivity index (χ4n) is 3.37. The topological polar surface area (TPSA) is 53.1 Å². The molecule has 0 spiro atoms. The van der Waals surface area contributed by atoms with E-state index in [0.717, 1.165) is 29.8 Å². The molecule has 154 valence electrons. The van der Waals surface area contributed by atoms with E-state index in [1.807, 2.05) is 42.5 Å². The highest BCUT2D eigenvalue weighted by Crippen LogP contribution is 2.31. The molecule has 0 aromatic heterocycles. The summed E-state index contributed by atoms with van der Waals surface area (Å²) in [6, 6.07) is 15.0. The first-order chi connectivity index (χ1) is 14.0.